The molecule has 1 atom stereocenters. The third kappa shape index (κ3) is 5.29. The monoisotopic (exact) mass is 317 g/mol. The number of nitrogens with one attached hydrogen (secondary N) is 1. The van der Waals surface area contributed by atoms with Crippen molar-refractivity contribution in [2.45, 2.75) is 33.0 Å². The Morgan fingerprint density at radius 2 is 1.70 bits per heavy atom. The quantitative estimate of drug-likeness (QED) is 0.875. The average Bonchev–Trinajstić information content (AvgIpc) is 2.49. The molecular formula is C18H20FNO3. The van der Waals surface area contributed by atoms with Gasteiger partial charge in [0.2, 0.25) is 0 Å². The zero-order valence-electron chi connectivity index (χ0n) is 13.4. The Labute approximate surface area is 135 Å². The van der Waals surface area contributed by atoms with E-state index >= 15 is 0 Å². The Hall–Kier alpha value is -2.56. The molecule has 2 aromatic rings. The van der Waals surface area contributed by atoms with Crippen LogP contribution in [0.5, 0.6) is 11.5 Å². The van der Waals surface area contributed by atoms with E-state index < -0.39 is 6.10 Å². The minimum atomic E-state index is -0.713. The van der Waals surface area contributed by atoms with E-state index in [2.05, 4.69) is 5.32 Å². The molecule has 5 heteroatoms. The molecule has 23 heavy (non-hydrogen) atoms. The summed E-state index contributed by atoms with van der Waals surface area (Å²) in [7, 11) is 0. The minimum Gasteiger partial charge on any atom is -0.491 e. The van der Waals surface area contributed by atoms with Gasteiger partial charge in [0.05, 0.1) is 6.10 Å². The molecule has 0 saturated heterocycles. The standard InChI is InChI=1S/C18H20FNO3/c1-12(2)22-17-6-4-5-15(11-17)20-18(21)13(3)23-16-9-7-14(19)8-10-16/h4-13H,1-3H3,(H,20,21)/t13-/m0/s1. The highest BCUT2D eigenvalue weighted by molar-refractivity contribution is 5.94. The highest BCUT2D eigenvalue weighted by atomic mass is 19.1. The third-order valence-corrected chi connectivity index (χ3v) is 2.97. The SMILES string of the molecule is CC(C)Oc1cccc(NC(=O)[C@H](C)Oc2ccc(F)cc2)c1. The minimum absolute atomic E-state index is 0.0571. The summed E-state index contributed by atoms with van der Waals surface area (Å²) in [6.07, 6.45) is -0.656. The van der Waals surface area contributed by atoms with Crippen LogP contribution in [0, 0.1) is 5.82 Å². The summed E-state index contributed by atoms with van der Waals surface area (Å²) in [4.78, 5) is 12.2. The summed E-state index contributed by atoms with van der Waals surface area (Å²) in [6.45, 7) is 5.50. The fraction of sp³-hybridized carbons (Fsp3) is 0.278. The molecule has 0 unspecified atom stereocenters. The molecule has 2 rings (SSSR count). The predicted molar refractivity (Wildman–Crippen MR) is 87.3 cm³/mol. The number of carbonyl (C=O) groups excluding carboxylic acids is 1. The molecule has 0 aliphatic heterocycles. The molecule has 0 aliphatic carbocycles. The van der Waals surface area contributed by atoms with Gasteiger partial charge in [0.15, 0.2) is 6.10 Å². The van der Waals surface area contributed by atoms with E-state index in [1.807, 2.05) is 19.9 Å². The molecule has 0 aliphatic rings. The number of rotatable bonds is 6. The zero-order valence-corrected chi connectivity index (χ0v) is 13.4. The maximum atomic E-state index is 12.9. The van der Waals surface area contributed by atoms with Crippen LogP contribution in [-0.2, 0) is 4.79 Å². The van der Waals surface area contributed by atoms with E-state index in [1.165, 1.54) is 24.3 Å². The highest BCUT2D eigenvalue weighted by Gasteiger charge is 2.15. The van der Waals surface area contributed by atoms with Crippen LogP contribution in [0.2, 0.25) is 0 Å². The number of benzene rings is 2. The first-order valence-corrected chi connectivity index (χ1v) is 7.44. The second-order valence-corrected chi connectivity index (χ2v) is 5.40. The van der Waals surface area contributed by atoms with E-state index in [0.29, 0.717) is 17.2 Å². The number of hydrogen-bond acceptors (Lipinski definition) is 3. The normalized spacial score (nSPS) is 11.9. The van der Waals surface area contributed by atoms with Crippen LogP contribution in [0.4, 0.5) is 10.1 Å². The van der Waals surface area contributed by atoms with Gasteiger partial charge in [0.1, 0.15) is 17.3 Å². The van der Waals surface area contributed by atoms with Gasteiger partial charge in [-0.15, -0.1) is 0 Å². The average molecular weight is 317 g/mol. The Morgan fingerprint density at radius 3 is 2.35 bits per heavy atom. The Balaban J connectivity index is 1.96. The van der Waals surface area contributed by atoms with Crippen molar-refractivity contribution in [1.29, 1.82) is 0 Å². The lowest BCUT2D eigenvalue weighted by Gasteiger charge is -2.15. The van der Waals surface area contributed by atoms with Gasteiger partial charge in [-0.25, -0.2) is 4.39 Å². The number of carbonyl (C=O) groups is 1. The summed E-state index contributed by atoms with van der Waals surface area (Å²) < 4.78 is 23.9. The smallest absolute Gasteiger partial charge is 0.265 e. The second-order valence-electron chi connectivity index (χ2n) is 5.40. The van der Waals surface area contributed by atoms with E-state index in [9.17, 15) is 9.18 Å². The van der Waals surface area contributed by atoms with Crippen molar-refractivity contribution < 1.29 is 18.7 Å². The first-order valence-electron chi connectivity index (χ1n) is 7.44. The van der Waals surface area contributed by atoms with E-state index in [0.717, 1.165) is 0 Å². The van der Waals surface area contributed by atoms with Gasteiger partial charge in [0, 0.05) is 11.8 Å². The first-order chi connectivity index (χ1) is 10.9. The van der Waals surface area contributed by atoms with Crippen LogP contribution >= 0.6 is 0 Å². The van der Waals surface area contributed by atoms with Gasteiger partial charge in [-0.3, -0.25) is 4.79 Å². The van der Waals surface area contributed by atoms with Crippen LogP contribution in [-0.4, -0.2) is 18.1 Å². The highest BCUT2D eigenvalue weighted by Crippen LogP contribution is 2.19. The Kier molecular flexibility index (Phi) is 5.57. The largest absolute Gasteiger partial charge is 0.491 e. The first kappa shape index (κ1) is 16.8. The summed E-state index contributed by atoms with van der Waals surface area (Å²) >= 11 is 0. The fourth-order valence-electron chi connectivity index (χ4n) is 1.93. The molecule has 0 aromatic heterocycles. The molecule has 1 N–H and O–H groups in total. The van der Waals surface area contributed by atoms with Crippen molar-refractivity contribution in [3.63, 3.8) is 0 Å². The maximum Gasteiger partial charge on any atom is 0.265 e. The molecular weight excluding hydrogens is 297 g/mol. The van der Waals surface area contributed by atoms with Gasteiger partial charge < -0.3 is 14.8 Å². The summed E-state index contributed by atoms with van der Waals surface area (Å²) in [5, 5.41) is 2.77. The fourth-order valence-corrected chi connectivity index (χ4v) is 1.93. The molecule has 0 spiro atoms. The summed E-state index contributed by atoms with van der Waals surface area (Å²) in [5.41, 5.74) is 0.628. The van der Waals surface area contributed by atoms with Crippen LogP contribution < -0.4 is 14.8 Å². The van der Waals surface area contributed by atoms with Gasteiger partial charge in [-0.05, 0) is 57.2 Å². The van der Waals surface area contributed by atoms with E-state index in [-0.39, 0.29) is 17.8 Å². The zero-order chi connectivity index (χ0) is 16.8. The van der Waals surface area contributed by atoms with Crippen LogP contribution in [0.15, 0.2) is 48.5 Å². The number of anilines is 1. The number of amides is 1. The van der Waals surface area contributed by atoms with Gasteiger partial charge in [-0.1, -0.05) is 6.07 Å². The van der Waals surface area contributed by atoms with Gasteiger partial charge in [0.25, 0.3) is 5.91 Å². The summed E-state index contributed by atoms with van der Waals surface area (Å²) in [5.74, 6) is 0.475. The van der Waals surface area contributed by atoms with Crippen molar-refractivity contribution >= 4 is 11.6 Å². The van der Waals surface area contributed by atoms with Crippen molar-refractivity contribution in [1.82, 2.24) is 0 Å². The number of ether oxygens (including phenoxy) is 2. The van der Waals surface area contributed by atoms with E-state index in [4.69, 9.17) is 9.47 Å². The van der Waals surface area contributed by atoms with Gasteiger partial charge >= 0.3 is 0 Å². The molecule has 2 aromatic carbocycles. The van der Waals surface area contributed by atoms with E-state index in [1.54, 1.807) is 25.1 Å². The predicted octanol–water partition coefficient (Wildman–Crippen LogP) is 4.02. The van der Waals surface area contributed by atoms with Crippen LogP contribution in [0.3, 0.4) is 0 Å². The topological polar surface area (TPSA) is 47.6 Å². The summed E-state index contributed by atoms with van der Waals surface area (Å²) in [6, 6.07) is 12.7. The Bertz CT molecular complexity index is 656. The van der Waals surface area contributed by atoms with Crippen molar-refractivity contribution in [3.05, 3.63) is 54.3 Å². The molecule has 122 valence electrons. The molecule has 0 radical (unpaired) electrons. The molecule has 0 bridgehead atoms. The second kappa shape index (κ2) is 7.63. The van der Waals surface area contributed by atoms with Crippen LogP contribution in [0.1, 0.15) is 20.8 Å². The van der Waals surface area contributed by atoms with Crippen molar-refractivity contribution in [2.24, 2.45) is 0 Å². The lowest BCUT2D eigenvalue weighted by molar-refractivity contribution is -0.122. The maximum absolute atomic E-state index is 12.9. The third-order valence-electron chi connectivity index (χ3n) is 2.97. The number of hydrogen-bond donors (Lipinski definition) is 1. The molecule has 4 nitrogen and oxygen atoms in total. The van der Waals surface area contributed by atoms with Crippen molar-refractivity contribution in [2.75, 3.05) is 5.32 Å². The van der Waals surface area contributed by atoms with Crippen LogP contribution in [0.25, 0.3) is 0 Å². The Morgan fingerprint density at radius 1 is 1.00 bits per heavy atom. The molecule has 0 saturated carbocycles. The molecule has 0 fully saturated rings. The lowest BCUT2D eigenvalue weighted by Crippen LogP contribution is -2.30. The molecule has 1 amide bonds. The van der Waals surface area contributed by atoms with Gasteiger partial charge in [-0.2, -0.15) is 0 Å². The number of halogens is 1. The lowest BCUT2D eigenvalue weighted by atomic mass is 10.2. The molecule has 0 heterocycles. The van der Waals surface area contributed by atoms with Crippen molar-refractivity contribution in [3.8, 4) is 11.5 Å².